The molecule has 5 nitrogen and oxygen atoms in total. The number of aliphatic hydroxyl groups excluding tert-OH is 2. The summed E-state index contributed by atoms with van der Waals surface area (Å²) in [7, 11) is 0. The smallest absolute Gasteiger partial charge is 0.339 e. The van der Waals surface area contributed by atoms with Crippen molar-refractivity contribution in [3.05, 3.63) is 106 Å². The Labute approximate surface area is 257 Å². The van der Waals surface area contributed by atoms with Crippen molar-refractivity contribution >= 4 is 5.97 Å². The predicted molar refractivity (Wildman–Crippen MR) is 172 cm³/mol. The Hall–Kier alpha value is -3.87. The standard InChI is InChI=1S/C38H44O5/c1-3-5-7-9-30-11-15-32(16-12-30)19-20-34-22-24-35(23-21-33-17-13-31(14-18-33)10-8-6-4-2)37(27-34)38(41)43-26-25-42-29-36(40)28-39/h11-18,22,24,27,36,39-40H,3-10,25-26,28-29H2,1-2H3. The lowest BCUT2D eigenvalue weighted by molar-refractivity contribution is -0.0108. The lowest BCUT2D eigenvalue weighted by Crippen LogP contribution is -2.21. The van der Waals surface area contributed by atoms with Crippen LogP contribution in [0.15, 0.2) is 66.7 Å². The molecular weight excluding hydrogens is 536 g/mol. The predicted octanol–water partition coefficient (Wildman–Crippen LogP) is 6.48. The Kier molecular flexibility index (Phi) is 15.1. The normalized spacial score (nSPS) is 11.2. The van der Waals surface area contributed by atoms with Gasteiger partial charge in [-0.05, 0) is 79.3 Å². The van der Waals surface area contributed by atoms with Crippen molar-refractivity contribution in [3.63, 3.8) is 0 Å². The first-order chi connectivity index (χ1) is 21.0. The summed E-state index contributed by atoms with van der Waals surface area (Å²) in [4.78, 5) is 13.1. The molecule has 0 radical (unpaired) electrons. The molecule has 0 spiro atoms. The van der Waals surface area contributed by atoms with Gasteiger partial charge in [-0.3, -0.25) is 0 Å². The van der Waals surface area contributed by atoms with Crippen LogP contribution in [0.4, 0.5) is 0 Å². The second kappa shape index (κ2) is 19.3. The molecule has 0 aliphatic heterocycles. The summed E-state index contributed by atoms with van der Waals surface area (Å²) in [5, 5.41) is 18.3. The summed E-state index contributed by atoms with van der Waals surface area (Å²) in [6.07, 6.45) is 8.41. The number of unbranched alkanes of at least 4 members (excludes halogenated alkanes) is 4. The molecule has 0 amide bonds. The number of carbonyl (C=O) groups is 1. The maximum absolute atomic E-state index is 13.1. The van der Waals surface area contributed by atoms with Crippen molar-refractivity contribution < 1.29 is 24.5 Å². The Balaban J connectivity index is 1.76. The number of esters is 1. The summed E-state index contributed by atoms with van der Waals surface area (Å²) in [5.41, 5.74) is 5.96. The van der Waals surface area contributed by atoms with E-state index >= 15 is 0 Å². The third-order valence-electron chi connectivity index (χ3n) is 6.96. The van der Waals surface area contributed by atoms with Crippen LogP contribution in [-0.2, 0) is 22.3 Å². The Morgan fingerprint density at radius 3 is 1.81 bits per heavy atom. The van der Waals surface area contributed by atoms with Crippen molar-refractivity contribution in [2.45, 2.75) is 71.3 Å². The van der Waals surface area contributed by atoms with E-state index in [0.29, 0.717) is 16.7 Å². The zero-order chi connectivity index (χ0) is 30.7. The van der Waals surface area contributed by atoms with Gasteiger partial charge in [0.05, 0.1) is 25.4 Å². The molecule has 0 aliphatic rings. The van der Waals surface area contributed by atoms with Gasteiger partial charge in [-0.25, -0.2) is 4.79 Å². The van der Waals surface area contributed by atoms with Gasteiger partial charge in [-0.15, -0.1) is 0 Å². The van der Waals surface area contributed by atoms with Crippen LogP contribution >= 0.6 is 0 Å². The molecule has 3 aromatic carbocycles. The van der Waals surface area contributed by atoms with Gasteiger partial charge in [0.15, 0.2) is 0 Å². The average molecular weight is 581 g/mol. The van der Waals surface area contributed by atoms with E-state index in [1.165, 1.54) is 49.7 Å². The second-order valence-electron chi connectivity index (χ2n) is 10.6. The van der Waals surface area contributed by atoms with Gasteiger partial charge in [0, 0.05) is 22.3 Å². The lowest BCUT2D eigenvalue weighted by Gasteiger charge is -2.10. The van der Waals surface area contributed by atoms with Gasteiger partial charge in [-0.1, -0.05) is 87.5 Å². The molecule has 3 aromatic rings. The second-order valence-corrected chi connectivity index (χ2v) is 10.6. The minimum atomic E-state index is -0.962. The van der Waals surface area contributed by atoms with Crippen LogP contribution in [-0.4, -0.2) is 48.7 Å². The highest BCUT2D eigenvalue weighted by atomic mass is 16.6. The highest BCUT2D eigenvalue weighted by molar-refractivity contribution is 5.93. The number of aliphatic hydroxyl groups is 2. The Morgan fingerprint density at radius 2 is 1.26 bits per heavy atom. The third kappa shape index (κ3) is 12.5. The van der Waals surface area contributed by atoms with Gasteiger partial charge in [0.25, 0.3) is 0 Å². The van der Waals surface area contributed by atoms with Crippen molar-refractivity contribution in [3.8, 4) is 23.7 Å². The summed E-state index contributed by atoms with van der Waals surface area (Å²) in [6.45, 7) is 4.09. The topological polar surface area (TPSA) is 76.0 Å². The van der Waals surface area contributed by atoms with Crippen LogP contribution in [0.25, 0.3) is 0 Å². The van der Waals surface area contributed by atoms with Gasteiger partial charge >= 0.3 is 5.97 Å². The molecule has 2 N–H and O–H groups in total. The number of carbonyl (C=O) groups excluding carboxylic acids is 1. The Morgan fingerprint density at radius 1 is 0.721 bits per heavy atom. The van der Waals surface area contributed by atoms with E-state index in [2.05, 4.69) is 61.8 Å². The van der Waals surface area contributed by atoms with Crippen molar-refractivity contribution in [2.24, 2.45) is 0 Å². The SMILES string of the molecule is CCCCCc1ccc(C#Cc2ccc(C#Cc3ccc(CCCCC)cc3)c(C(=O)OCCOCC(O)CO)c2)cc1. The minimum Gasteiger partial charge on any atom is -0.460 e. The first kappa shape index (κ1) is 33.6. The fourth-order valence-corrected chi connectivity index (χ4v) is 4.39. The molecule has 1 atom stereocenters. The van der Waals surface area contributed by atoms with Gasteiger partial charge in [0.1, 0.15) is 12.7 Å². The number of ether oxygens (including phenoxy) is 2. The van der Waals surface area contributed by atoms with E-state index < -0.39 is 12.1 Å². The van der Waals surface area contributed by atoms with E-state index in [1.54, 1.807) is 12.1 Å². The van der Waals surface area contributed by atoms with Crippen LogP contribution in [0.1, 0.15) is 96.1 Å². The minimum absolute atomic E-state index is 0.00382. The zero-order valence-corrected chi connectivity index (χ0v) is 25.5. The van der Waals surface area contributed by atoms with E-state index in [9.17, 15) is 9.90 Å². The largest absolute Gasteiger partial charge is 0.460 e. The van der Waals surface area contributed by atoms with Crippen LogP contribution < -0.4 is 0 Å². The van der Waals surface area contributed by atoms with Crippen molar-refractivity contribution in [1.29, 1.82) is 0 Å². The molecule has 0 aromatic heterocycles. The molecule has 0 fully saturated rings. The van der Waals surface area contributed by atoms with Crippen LogP contribution in [0.2, 0.25) is 0 Å². The zero-order valence-electron chi connectivity index (χ0n) is 25.5. The van der Waals surface area contributed by atoms with E-state index in [4.69, 9.17) is 14.6 Å². The molecular formula is C38H44O5. The lowest BCUT2D eigenvalue weighted by atomic mass is 10.0. The maximum Gasteiger partial charge on any atom is 0.339 e. The maximum atomic E-state index is 13.1. The summed E-state index contributed by atoms with van der Waals surface area (Å²) in [6, 6.07) is 21.9. The van der Waals surface area contributed by atoms with Crippen LogP contribution in [0.5, 0.6) is 0 Å². The third-order valence-corrected chi connectivity index (χ3v) is 6.96. The number of aryl methyl sites for hydroxylation is 2. The van der Waals surface area contributed by atoms with Gasteiger partial charge in [-0.2, -0.15) is 0 Å². The van der Waals surface area contributed by atoms with E-state index in [-0.39, 0.29) is 26.4 Å². The molecule has 5 heteroatoms. The first-order valence-corrected chi connectivity index (χ1v) is 15.4. The number of hydrogen-bond donors (Lipinski definition) is 2. The van der Waals surface area contributed by atoms with Gasteiger partial charge < -0.3 is 19.7 Å². The summed E-state index contributed by atoms with van der Waals surface area (Å²) < 4.78 is 10.7. The molecule has 0 saturated carbocycles. The average Bonchev–Trinajstić information content (AvgIpc) is 3.04. The first-order valence-electron chi connectivity index (χ1n) is 15.4. The molecule has 0 heterocycles. The highest BCUT2D eigenvalue weighted by Gasteiger charge is 2.13. The van der Waals surface area contributed by atoms with E-state index in [0.717, 1.165) is 24.0 Å². The van der Waals surface area contributed by atoms with Crippen LogP contribution in [0.3, 0.4) is 0 Å². The highest BCUT2D eigenvalue weighted by Crippen LogP contribution is 2.15. The molecule has 226 valence electrons. The molecule has 0 saturated heterocycles. The Bertz CT molecular complexity index is 1380. The summed E-state index contributed by atoms with van der Waals surface area (Å²) >= 11 is 0. The van der Waals surface area contributed by atoms with E-state index in [1.807, 2.05) is 30.3 Å². The monoisotopic (exact) mass is 580 g/mol. The molecule has 0 aliphatic carbocycles. The quantitative estimate of drug-likeness (QED) is 0.122. The number of benzene rings is 3. The van der Waals surface area contributed by atoms with Gasteiger partial charge in [0.2, 0.25) is 0 Å². The van der Waals surface area contributed by atoms with Crippen LogP contribution in [0, 0.1) is 23.7 Å². The fraction of sp³-hybridized carbons (Fsp3) is 0.395. The summed E-state index contributed by atoms with van der Waals surface area (Å²) in [5.74, 6) is 12.2. The molecule has 3 rings (SSSR count). The molecule has 43 heavy (non-hydrogen) atoms. The van der Waals surface area contributed by atoms with Crippen molar-refractivity contribution in [2.75, 3.05) is 26.4 Å². The van der Waals surface area contributed by atoms with Crippen molar-refractivity contribution in [1.82, 2.24) is 0 Å². The molecule has 0 bridgehead atoms. The number of rotatable bonds is 15. The molecule has 1 unspecified atom stereocenters. The fourth-order valence-electron chi connectivity index (χ4n) is 4.39. The number of hydrogen-bond acceptors (Lipinski definition) is 5.